The van der Waals surface area contributed by atoms with E-state index in [9.17, 15) is 0 Å². The van der Waals surface area contributed by atoms with Crippen molar-refractivity contribution < 1.29 is 0 Å². The fraction of sp³-hybridized carbons (Fsp3) is 0. The Kier molecular flexibility index (Phi) is 6.59. The van der Waals surface area contributed by atoms with E-state index in [2.05, 4.69) is 159 Å². The molecule has 0 fully saturated rings. The monoisotopic (exact) mass is 673 g/mol. The second kappa shape index (κ2) is 11.4. The molecule has 0 bridgehead atoms. The third-order valence-electron chi connectivity index (χ3n) is 11.3. The molecule has 0 spiro atoms. The SMILES string of the molecule is [B]c1c([B])c([B])c(-n2c3ccc(-n4c5ccccc5c5c4ccc4c6ccccc6n(-c6ccccc6)c45)cc3c3c4ccccc4ccc32)c([B])c1[B]. The highest BCUT2D eigenvalue weighted by molar-refractivity contribution is 6.68. The van der Waals surface area contributed by atoms with Gasteiger partial charge in [0, 0.05) is 49.4 Å². The Morgan fingerprint density at radius 1 is 0.315 bits per heavy atom. The molecule has 0 amide bonds. The van der Waals surface area contributed by atoms with Crippen molar-refractivity contribution in [1.29, 1.82) is 0 Å². The minimum absolute atomic E-state index is 0.189. The van der Waals surface area contributed by atoms with Crippen LogP contribution in [0.3, 0.4) is 0 Å². The van der Waals surface area contributed by atoms with Gasteiger partial charge in [0.2, 0.25) is 0 Å². The summed E-state index contributed by atoms with van der Waals surface area (Å²) in [5, 5.41) is 9.16. The Morgan fingerprint density at radius 3 is 1.63 bits per heavy atom. The smallest absolute Gasteiger partial charge is 0.115 e. The predicted octanol–water partition coefficient (Wildman–Crippen LogP) is 6.10. The number of aromatic nitrogens is 3. The van der Waals surface area contributed by atoms with Crippen LogP contribution in [0, 0.1) is 0 Å². The van der Waals surface area contributed by atoms with E-state index in [1.807, 2.05) is 0 Å². The van der Waals surface area contributed by atoms with Crippen LogP contribution in [0.5, 0.6) is 0 Å². The third kappa shape index (κ3) is 4.08. The summed E-state index contributed by atoms with van der Waals surface area (Å²) in [6.07, 6.45) is 0. The van der Waals surface area contributed by atoms with Crippen LogP contribution < -0.4 is 27.3 Å². The second-order valence-electron chi connectivity index (χ2n) is 14.0. The first-order chi connectivity index (χ1) is 26.4. The van der Waals surface area contributed by atoms with Crippen molar-refractivity contribution in [3.63, 3.8) is 0 Å². The van der Waals surface area contributed by atoms with Gasteiger partial charge < -0.3 is 13.7 Å². The van der Waals surface area contributed by atoms with E-state index in [1.165, 1.54) is 32.6 Å². The first-order valence-corrected chi connectivity index (χ1v) is 17.9. The van der Waals surface area contributed by atoms with Gasteiger partial charge in [-0.15, -0.1) is 16.4 Å². The number of benzene rings is 8. The number of hydrogen-bond donors (Lipinski definition) is 0. The third-order valence-corrected chi connectivity index (χ3v) is 11.3. The van der Waals surface area contributed by atoms with Gasteiger partial charge in [-0.1, -0.05) is 102 Å². The van der Waals surface area contributed by atoms with Crippen molar-refractivity contribution in [3.8, 4) is 17.1 Å². The van der Waals surface area contributed by atoms with Gasteiger partial charge in [-0.25, -0.2) is 0 Å². The Labute approximate surface area is 317 Å². The number of rotatable bonds is 3. The van der Waals surface area contributed by atoms with Gasteiger partial charge >= 0.3 is 0 Å². The van der Waals surface area contributed by atoms with Crippen LogP contribution >= 0.6 is 0 Å². The fourth-order valence-corrected chi connectivity index (χ4v) is 8.87. The summed E-state index contributed by atoms with van der Waals surface area (Å²) < 4.78 is 6.86. The van der Waals surface area contributed by atoms with E-state index in [0.717, 1.165) is 55.0 Å². The van der Waals surface area contributed by atoms with Crippen LogP contribution in [0.15, 0.2) is 146 Å². The number of hydrogen-bond acceptors (Lipinski definition) is 0. The second-order valence-corrected chi connectivity index (χ2v) is 14.0. The lowest BCUT2D eigenvalue weighted by Gasteiger charge is -2.23. The molecule has 0 saturated heterocycles. The van der Waals surface area contributed by atoms with Crippen molar-refractivity contribution in [2.75, 3.05) is 0 Å². The van der Waals surface area contributed by atoms with Crippen LogP contribution in [0.25, 0.3) is 93.3 Å². The largest absolute Gasteiger partial charge is 0.310 e. The summed E-state index contributed by atoms with van der Waals surface area (Å²) >= 11 is 0. The topological polar surface area (TPSA) is 14.8 Å². The van der Waals surface area contributed by atoms with E-state index < -0.39 is 0 Å². The van der Waals surface area contributed by atoms with Crippen LogP contribution in [-0.4, -0.2) is 52.9 Å². The van der Waals surface area contributed by atoms with Gasteiger partial charge in [-0.2, -0.15) is 0 Å². The molecule has 238 valence electrons. The van der Waals surface area contributed by atoms with Gasteiger partial charge in [0.1, 0.15) is 39.2 Å². The van der Waals surface area contributed by atoms with Crippen molar-refractivity contribution in [2.45, 2.75) is 0 Å². The van der Waals surface area contributed by atoms with E-state index >= 15 is 0 Å². The lowest BCUT2D eigenvalue weighted by Crippen LogP contribution is -2.56. The molecule has 0 aliphatic rings. The molecule has 0 aliphatic carbocycles. The molecule has 0 aliphatic heterocycles. The van der Waals surface area contributed by atoms with Crippen molar-refractivity contribution >= 4 is 143 Å². The first-order valence-electron chi connectivity index (χ1n) is 17.9. The quantitative estimate of drug-likeness (QED) is 0.202. The molecule has 3 aromatic heterocycles. The standard InChI is InChI=1S/C46H24B5N3/c47-40-41(48)43(50)46(44(51)42(40)49)54-35-22-19-27(24-32(35)38-28-13-5-4-10-25(28)18-21-36(38)54)52-34-17-9-7-15-31(34)39-37(52)23-20-30-29-14-6-8-16-33(29)53(45(30)39)26-11-2-1-3-12-26/h1-24H. The molecule has 3 nitrogen and oxygen atoms in total. The first kappa shape index (κ1) is 31.3. The van der Waals surface area contributed by atoms with Crippen LogP contribution in [-0.2, 0) is 0 Å². The van der Waals surface area contributed by atoms with Crippen molar-refractivity contribution in [1.82, 2.24) is 13.7 Å². The highest BCUT2D eigenvalue weighted by Crippen LogP contribution is 2.43. The zero-order valence-corrected chi connectivity index (χ0v) is 29.1. The average molecular weight is 673 g/mol. The Morgan fingerprint density at radius 2 is 0.870 bits per heavy atom. The molecule has 54 heavy (non-hydrogen) atoms. The molecule has 0 N–H and O–H groups in total. The van der Waals surface area contributed by atoms with E-state index in [4.69, 9.17) is 39.2 Å². The maximum Gasteiger partial charge on any atom is 0.115 e. The minimum Gasteiger partial charge on any atom is -0.310 e. The van der Waals surface area contributed by atoms with Crippen LogP contribution in [0.2, 0.25) is 0 Å². The molecule has 10 radical (unpaired) electrons. The van der Waals surface area contributed by atoms with Crippen molar-refractivity contribution in [2.24, 2.45) is 0 Å². The van der Waals surface area contributed by atoms with Crippen molar-refractivity contribution in [3.05, 3.63) is 146 Å². The number of fused-ring (bicyclic) bond motifs is 12. The lowest BCUT2D eigenvalue weighted by atomic mass is 9.61. The molecule has 0 saturated carbocycles. The highest BCUT2D eigenvalue weighted by atomic mass is 15.0. The van der Waals surface area contributed by atoms with E-state index in [1.54, 1.807) is 0 Å². The summed E-state index contributed by atoms with van der Waals surface area (Å²) in [7, 11) is 32.6. The zero-order valence-electron chi connectivity index (χ0n) is 29.1. The van der Waals surface area contributed by atoms with E-state index in [0.29, 0.717) is 5.69 Å². The van der Waals surface area contributed by atoms with Gasteiger partial charge in [0.05, 0.1) is 33.1 Å². The molecule has 8 heteroatoms. The summed E-state index contributed by atoms with van der Waals surface area (Å²) in [5.74, 6) is 0. The molecule has 0 atom stereocenters. The number of nitrogens with zero attached hydrogens (tertiary/aromatic N) is 3. The Hall–Kier alpha value is -6.26. The van der Waals surface area contributed by atoms with Crippen LogP contribution in [0.1, 0.15) is 0 Å². The zero-order chi connectivity index (χ0) is 36.4. The minimum atomic E-state index is 0.189. The maximum absolute atomic E-state index is 6.73. The van der Waals surface area contributed by atoms with E-state index in [-0.39, 0.29) is 27.3 Å². The summed E-state index contributed by atoms with van der Waals surface area (Å²) in [5.41, 5.74) is 10.3. The highest BCUT2D eigenvalue weighted by Gasteiger charge is 2.23. The fourth-order valence-electron chi connectivity index (χ4n) is 8.87. The van der Waals surface area contributed by atoms with Crippen LogP contribution in [0.4, 0.5) is 0 Å². The van der Waals surface area contributed by atoms with Gasteiger partial charge in [0.15, 0.2) is 0 Å². The Balaban J connectivity index is 1.29. The van der Waals surface area contributed by atoms with Gasteiger partial charge in [0.25, 0.3) is 0 Å². The maximum atomic E-state index is 6.73. The summed E-state index contributed by atoms with van der Waals surface area (Å²) in [6, 6.07) is 51.8. The Bertz CT molecular complexity index is 3360. The lowest BCUT2D eigenvalue weighted by molar-refractivity contribution is 1.17. The average Bonchev–Trinajstić information content (AvgIpc) is 3.85. The summed E-state index contributed by atoms with van der Waals surface area (Å²) in [4.78, 5) is 0. The number of para-hydroxylation sites is 3. The molecule has 8 aromatic carbocycles. The predicted molar refractivity (Wildman–Crippen MR) is 234 cm³/mol. The van der Waals surface area contributed by atoms with Gasteiger partial charge in [-0.3, -0.25) is 0 Å². The normalized spacial score (nSPS) is 12.1. The molecule has 0 unspecified atom stereocenters. The molecule has 11 aromatic rings. The summed E-state index contributed by atoms with van der Waals surface area (Å²) in [6.45, 7) is 0. The van der Waals surface area contributed by atoms with Gasteiger partial charge in [-0.05, 0) is 65.4 Å². The molecular formula is C46H24B5N3. The molecule has 11 rings (SSSR count). The molecule has 3 heterocycles. The molecular weight excluding hydrogens is 649 g/mol.